The van der Waals surface area contributed by atoms with Gasteiger partial charge in [0.05, 0.1) is 5.69 Å². The second kappa shape index (κ2) is 7.42. The van der Waals surface area contributed by atoms with Crippen LogP contribution in [0.15, 0.2) is 22.9 Å². The molecule has 0 aromatic carbocycles. The van der Waals surface area contributed by atoms with Gasteiger partial charge in [-0.25, -0.2) is 0 Å². The average Bonchev–Trinajstić information content (AvgIpc) is 2.92. The molecule has 3 heterocycles. The van der Waals surface area contributed by atoms with E-state index in [0.717, 1.165) is 29.9 Å². The molecule has 1 saturated heterocycles. The fraction of sp³-hybridized carbons (Fsp3) is 0.529. The predicted octanol–water partition coefficient (Wildman–Crippen LogP) is 2.08. The molecule has 7 heteroatoms. The van der Waals surface area contributed by atoms with Gasteiger partial charge in [0.2, 0.25) is 11.8 Å². The normalized spacial score (nSPS) is 15.5. The third kappa shape index (κ3) is 3.90. The molecule has 1 aliphatic rings. The summed E-state index contributed by atoms with van der Waals surface area (Å²) < 4.78 is 10.9. The highest BCUT2D eigenvalue weighted by molar-refractivity contribution is 5.76. The van der Waals surface area contributed by atoms with Crippen molar-refractivity contribution in [1.82, 2.24) is 20.3 Å². The quantitative estimate of drug-likeness (QED) is 0.835. The Morgan fingerprint density at radius 1 is 1.38 bits per heavy atom. The van der Waals surface area contributed by atoms with Crippen LogP contribution in [-0.4, -0.2) is 45.4 Å². The van der Waals surface area contributed by atoms with Crippen molar-refractivity contribution >= 4 is 5.91 Å². The number of carbonyl (C=O) groups excluding carboxylic acids is 1. The molecule has 2 aromatic rings. The van der Waals surface area contributed by atoms with Crippen molar-refractivity contribution < 1.29 is 14.1 Å². The molecule has 24 heavy (non-hydrogen) atoms. The summed E-state index contributed by atoms with van der Waals surface area (Å²) in [6, 6.07) is 3.60. The predicted molar refractivity (Wildman–Crippen MR) is 86.6 cm³/mol. The molecule has 0 spiro atoms. The van der Waals surface area contributed by atoms with Gasteiger partial charge in [0.15, 0.2) is 0 Å². The Bertz CT molecular complexity index is 659. The van der Waals surface area contributed by atoms with Gasteiger partial charge in [0, 0.05) is 50.2 Å². The Kier molecular flexibility index (Phi) is 5.08. The molecule has 1 amide bonds. The lowest BCUT2D eigenvalue weighted by Gasteiger charge is -2.31. The van der Waals surface area contributed by atoms with E-state index in [1.165, 1.54) is 0 Å². The molecule has 0 saturated carbocycles. The summed E-state index contributed by atoms with van der Waals surface area (Å²) in [6.07, 6.45) is 4.50. The zero-order valence-corrected chi connectivity index (χ0v) is 14.1. The molecule has 1 aliphatic heterocycles. The Morgan fingerprint density at radius 3 is 2.79 bits per heavy atom. The third-order valence-corrected chi connectivity index (χ3v) is 4.40. The molecule has 0 bridgehead atoms. The Hall–Kier alpha value is -2.44. The Balaban J connectivity index is 1.45. The van der Waals surface area contributed by atoms with E-state index in [-0.39, 0.29) is 12.0 Å². The number of aryl methyl sites for hydroxylation is 2. The maximum absolute atomic E-state index is 12.4. The molecule has 0 atom stereocenters. The van der Waals surface area contributed by atoms with Crippen LogP contribution in [0.3, 0.4) is 0 Å². The van der Waals surface area contributed by atoms with Crippen molar-refractivity contribution in [2.75, 3.05) is 13.1 Å². The van der Waals surface area contributed by atoms with Crippen LogP contribution >= 0.6 is 0 Å². The largest absolute Gasteiger partial charge is 0.473 e. The van der Waals surface area contributed by atoms with E-state index in [2.05, 4.69) is 15.4 Å². The fourth-order valence-corrected chi connectivity index (χ4v) is 2.99. The van der Waals surface area contributed by atoms with Gasteiger partial charge >= 0.3 is 0 Å². The van der Waals surface area contributed by atoms with Gasteiger partial charge in [-0.15, -0.1) is 5.10 Å². The van der Waals surface area contributed by atoms with Gasteiger partial charge in [0.1, 0.15) is 11.9 Å². The van der Waals surface area contributed by atoms with Gasteiger partial charge < -0.3 is 14.2 Å². The monoisotopic (exact) mass is 330 g/mol. The lowest BCUT2D eigenvalue weighted by molar-refractivity contribution is -0.132. The van der Waals surface area contributed by atoms with Gasteiger partial charge in [-0.3, -0.25) is 4.79 Å². The van der Waals surface area contributed by atoms with Crippen molar-refractivity contribution in [3.63, 3.8) is 0 Å². The zero-order chi connectivity index (χ0) is 16.9. The van der Waals surface area contributed by atoms with E-state index in [9.17, 15) is 4.79 Å². The van der Waals surface area contributed by atoms with E-state index in [1.54, 1.807) is 18.3 Å². The van der Waals surface area contributed by atoms with E-state index < -0.39 is 0 Å². The highest BCUT2D eigenvalue weighted by atomic mass is 16.5. The molecule has 0 aliphatic carbocycles. The number of piperidine rings is 1. The second-order valence-corrected chi connectivity index (χ2v) is 6.06. The van der Waals surface area contributed by atoms with E-state index >= 15 is 0 Å². The fourth-order valence-electron chi connectivity index (χ4n) is 2.99. The van der Waals surface area contributed by atoms with Crippen molar-refractivity contribution in [3.8, 4) is 5.88 Å². The van der Waals surface area contributed by atoms with E-state index in [4.69, 9.17) is 9.26 Å². The minimum Gasteiger partial charge on any atom is -0.473 e. The first-order valence-electron chi connectivity index (χ1n) is 8.27. The highest BCUT2D eigenvalue weighted by Gasteiger charge is 2.24. The third-order valence-electron chi connectivity index (χ3n) is 4.40. The van der Waals surface area contributed by atoms with Crippen molar-refractivity contribution in [1.29, 1.82) is 0 Å². The van der Waals surface area contributed by atoms with Crippen LogP contribution in [0.2, 0.25) is 0 Å². The Morgan fingerprint density at radius 2 is 2.17 bits per heavy atom. The van der Waals surface area contributed by atoms with Crippen LogP contribution < -0.4 is 4.74 Å². The average molecular weight is 330 g/mol. The number of hydrogen-bond donors (Lipinski definition) is 0. The molecular weight excluding hydrogens is 308 g/mol. The Labute approximate surface area is 141 Å². The molecule has 0 radical (unpaired) electrons. The minimum atomic E-state index is 0.0910. The summed E-state index contributed by atoms with van der Waals surface area (Å²) in [5.74, 6) is 1.52. The number of nitrogens with zero attached hydrogens (tertiary/aromatic N) is 4. The van der Waals surface area contributed by atoms with Crippen molar-refractivity contribution in [2.24, 2.45) is 0 Å². The summed E-state index contributed by atoms with van der Waals surface area (Å²) in [4.78, 5) is 14.3. The lowest BCUT2D eigenvalue weighted by Crippen LogP contribution is -2.42. The van der Waals surface area contributed by atoms with Crippen LogP contribution in [0.25, 0.3) is 0 Å². The minimum absolute atomic E-state index is 0.0910. The number of rotatable bonds is 5. The second-order valence-electron chi connectivity index (χ2n) is 6.06. The first-order valence-corrected chi connectivity index (χ1v) is 8.27. The smallest absolute Gasteiger partial charge is 0.233 e. The van der Waals surface area contributed by atoms with Crippen molar-refractivity contribution in [2.45, 2.75) is 45.6 Å². The number of carbonyl (C=O) groups is 1. The van der Waals surface area contributed by atoms with Crippen molar-refractivity contribution in [3.05, 3.63) is 35.3 Å². The molecular formula is C17H22N4O3. The summed E-state index contributed by atoms with van der Waals surface area (Å²) in [7, 11) is 0. The van der Waals surface area contributed by atoms with Crippen LogP contribution in [0.4, 0.5) is 0 Å². The lowest BCUT2D eigenvalue weighted by atomic mass is 10.0. The van der Waals surface area contributed by atoms with Gasteiger partial charge in [-0.1, -0.05) is 5.16 Å². The molecule has 3 rings (SSSR count). The number of ether oxygens (including phenoxy) is 1. The van der Waals surface area contributed by atoms with Gasteiger partial charge in [0.25, 0.3) is 0 Å². The molecule has 1 fully saturated rings. The molecule has 0 unspecified atom stereocenters. The number of likely N-dealkylation sites (tertiary alicyclic amines) is 1. The number of aromatic nitrogens is 3. The topological polar surface area (TPSA) is 81.4 Å². The molecule has 128 valence electrons. The van der Waals surface area contributed by atoms with Gasteiger partial charge in [-0.05, 0) is 26.3 Å². The highest BCUT2D eigenvalue weighted by Crippen LogP contribution is 2.19. The van der Waals surface area contributed by atoms with Crippen LogP contribution in [-0.2, 0) is 11.2 Å². The van der Waals surface area contributed by atoms with E-state index in [0.29, 0.717) is 31.8 Å². The first-order chi connectivity index (χ1) is 11.6. The maximum atomic E-state index is 12.4. The van der Waals surface area contributed by atoms with Crippen LogP contribution in [0, 0.1) is 13.8 Å². The summed E-state index contributed by atoms with van der Waals surface area (Å²) in [5, 5.41) is 11.7. The summed E-state index contributed by atoms with van der Waals surface area (Å²) in [5.41, 5.74) is 1.92. The molecule has 2 aromatic heterocycles. The zero-order valence-electron chi connectivity index (χ0n) is 14.1. The SMILES string of the molecule is Cc1noc(C)c1CCC(=O)N1CCC(Oc2cccnn2)CC1. The molecule has 0 N–H and O–H groups in total. The molecule has 7 nitrogen and oxygen atoms in total. The van der Waals surface area contributed by atoms with Crippen LogP contribution in [0.1, 0.15) is 36.3 Å². The number of hydrogen-bond acceptors (Lipinski definition) is 6. The summed E-state index contributed by atoms with van der Waals surface area (Å²) >= 11 is 0. The number of amides is 1. The first kappa shape index (κ1) is 16.4. The van der Waals surface area contributed by atoms with E-state index in [1.807, 2.05) is 18.7 Å². The summed E-state index contributed by atoms with van der Waals surface area (Å²) in [6.45, 7) is 5.22. The van der Waals surface area contributed by atoms with Gasteiger partial charge in [-0.2, -0.15) is 5.10 Å². The maximum Gasteiger partial charge on any atom is 0.233 e. The van der Waals surface area contributed by atoms with Crippen LogP contribution in [0.5, 0.6) is 5.88 Å². The standard InChI is InChI=1S/C17H22N4O3/c1-12-15(13(2)24-20-12)5-6-17(22)21-10-7-14(8-11-21)23-16-4-3-9-18-19-16/h3-4,9,14H,5-8,10-11H2,1-2H3.